The van der Waals surface area contributed by atoms with E-state index in [9.17, 15) is 4.79 Å². The van der Waals surface area contributed by atoms with Gasteiger partial charge in [0, 0.05) is 24.6 Å². The molecule has 5 nitrogen and oxygen atoms in total. The predicted octanol–water partition coefficient (Wildman–Crippen LogP) is 4.49. The highest BCUT2D eigenvalue weighted by atomic mass is 35.5. The highest BCUT2D eigenvalue weighted by molar-refractivity contribution is 6.32. The minimum Gasteiger partial charge on any atom is -0.482 e. The van der Waals surface area contributed by atoms with E-state index in [1.54, 1.807) is 0 Å². The molecule has 1 aliphatic rings. The largest absolute Gasteiger partial charge is 0.482 e. The van der Waals surface area contributed by atoms with E-state index in [4.69, 9.17) is 21.3 Å². The quantitative estimate of drug-likeness (QED) is 0.494. The maximum Gasteiger partial charge on any atom is 0.207 e. The van der Waals surface area contributed by atoms with Crippen molar-refractivity contribution in [3.8, 4) is 0 Å². The summed E-state index contributed by atoms with van der Waals surface area (Å²) in [5.74, 6) is 1.79. The lowest BCUT2D eigenvalue weighted by Gasteiger charge is -2.19. The van der Waals surface area contributed by atoms with E-state index in [2.05, 4.69) is 35.9 Å². The number of hydrogen-bond donors (Lipinski definition) is 1. The molecule has 0 spiro atoms. The average molecular weight is 396 g/mol. The van der Waals surface area contributed by atoms with Gasteiger partial charge in [-0.05, 0) is 36.8 Å². The molecule has 1 amide bonds. The van der Waals surface area contributed by atoms with Crippen LogP contribution < -0.4 is 5.32 Å². The number of carbonyl (C=O) groups excluding carboxylic acids is 1. The van der Waals surface area contributed by atoms with E-state index in [1.807, 2.05) is 36.4 Å². The molecule has 1 aliphatic heterocycles. The first-order valence-corrected chi connectivity index (χ1v) is 9.74. The van der Waals surface area contributed by atoms with Gasteiger partial charge in [-0.2, -0.15) is 0 Å². The van der Waals surface area contributed by atoms with E-state index in [0.717, 1.165) is 40.2 Å². The number of nitrogens with one attached hydrogen (secondary N) is 1. The lowest BCUT2D eigenvalue weighted by molar-refractivity contribution is -0.109. The second-order valence-corrected chi connectivity index (χ2v) is 7.45. The Kier molecular flexibility index (Phi) is 5.09. The van der Waals surface area contributed by atoms with E-state index in [0.29, 0.717) is 18.1 Å². The number of hydrogen-bond acceptors (Lipinski definition) is 3. The van der Waals surface area contributed by atoms with E-state index in [1.165, 1.54) is 0 Å². The summed E-state index contributed by atoms with van der Waals surface area (Å²) < 4.78 is 8.50. The smallest absolute Gasteiger partial charge is 0.207 e. The maximum absolute atomic E-state index is 10.7. The van der Waals surface area contributed by atoms with Crippen molar-refractivity contribution in [1.82, 2.24) is 14.9 Å². The molecule has 3 aromatic rings. The van der Waals surface area contributed by atoms with E-state index in [-0.39, 0.29) is 12.0 Å². The number of fused-ring (bicyclic) bond motifs is 1. The number of rotatable bonds is 6. The number of ether oxygens (including phenoxy) is 1. The monoisotopic (exact) mass is 395 g/mol. The summed E-state index contributed by atoms with van der Waals surface area (Å²) in [6, 6.07) is 13.8. The van der Waals surface area contributed by atoms with Crippen molar-refractivity contribution in [2.75, 3.05) is 6.54 Å². The summed E-state index contributed by atoms with van der Waals surface area (Å²) in [7, 11) is 0. The van der Waals surface area contributed by atoms with Crippen LogP contribution >= 0.6 is 11.6 Å². The molecule has 1 N–H and O–H groups in total. The lowest BCUT2D eigenvalue weighted by Crippen LogP contribution is -2.21. The molecule has 2 unspecified atom stereocenters. The fourth-order valence-electron chi connectivity index (χ4n) is 3.77. The highest BCUT2D eigenvalue weighted by Crippen LogP contribution is 2.42. The number of carbonyl (C=O) groups is 1. The van der Waals surface area contributed by atoms with Crippen molar-refractivity contribution < 1.29 is 9.53 Å². The van der Waals surface area contributed by atoms with Crippen molar-refractivity contribution in [3.63, 3.8) is 0 Å². The maximum atomic E-state index is 10.7. The lowest BCUT2D eigenvalue weighted by atomic mass is 10.0. The van der Waals surface area contributed by atoms with E-state index < -0.39 is 0 Å². The first-order valence-electron chi connectivity index (χ1n) is 9.36. The standard InChI is InChI=1S/C22H22ClN3O2/c1-14-6-5-9-18-20(14)26(11-10-24-13-27)22(25-18)21-15(2)12-19(28-21)16-7-3-4-8-17(16)23/h3-9,12-13,15,21H,10-11H2,1-2H3,(H,24,27). The third-order valence-corrected chi connectivity index (χ3v) is 5.43. The predicted molar refractivity (Wildman–Crippen MR) is 111 cm³/mol. The fourth-order valence-corrected chi connectivity index (χ4v) is 4.00. The van der Waals surface area contributed by atoms with Crippen LogP contribution in [0.2, 0.25) is 5.02 Å². The Bertz CT molecular complexity index is 1060. The Hall–Kier alpha value is -2.79. The second-order valence-electron chi connectivity index (χ2n) is 7.04. The number of benzene rings is 2. The molecule has 4 rings (SSSR count). The number of para-hydroxylation sites is 1. The normalized spacial score (nSPS) is 18.8. The number of aryl methyl sites for hydroxylation is 1. The van der Waals surface area contributed by atoms with Gasteiger partial charge in [0.15, 0.2) is 11.9 Å². The van der Waals surface area contributed by atoms with Gasteiger partial charge in [0.2, 0.25) is 6.41 Å². The molecule has 0 saturated heterocycles. The van der Waals surface area contributed by atoms with Crippen molar-refractivity contribution >= 4 is 34.8 Å². The fraction of sp³-hybridized carbons (Fsp3) is 0.273. The molecule has 0 saturated carbocycles. The summed E-state index contributed by atoms with van der Waals surface area (Å²) in [5.41, 5.74) is 4.04. The van der Waals surface area contributed by atoms with E-state index >= 15 is 0 Å². The average Bonchev–Trinajstić information content (AvgIpc) is 3.24. The SMILES string of the molecule is Cc1cccc2nc(C3OC(c4ccccc4Cl)=CC3C)n(CCNC=O)c12. The third-order valence-electron chi connectivity index (χ3n) is 5.10. The van der Waals surface area contributed by atoms with Gasteiger partial charge in [-0.15, -0.1) is 0 Å². The Balaban J connectivity index is 1.73. The van der Waals surface area contributed by atoms with Crippen LogP contribution in [0, 0.1) is 12.8 Å². The summed E-state index contributed by atoms with van der Waals surface area (Å²) in [6.45, 7) is 5.35. The van der Waals surface area contributed by atoms with Gasteiger partial charge >= 0.3 is 0 Å². The first kappa shape index (κ1) is 18.6. The molecule has 1 aromatic heterocycles. The summed E-state index contributed by atoms with van der Waals surface area (Å²) in [4.78, 5) is 15.6. The molecule has 0 bridgehead atoms. The van der Waals surface area contributed by atoms with Gasteiger partial charge in [0.1, 0.15) is 5.76 Å². The van der Waals surface area contributed by atoms with Crippen LogP contribution in [0.25, 0.3) is 16.8 Å². The molecule has 28 heavy (non-hydrogen) atoms. The topological polar surface area (TPSA) is 56.1 Å². The minimum absolute atomic E-state index is 0.140. The molecule has 0 aliphatic carbocycles. The van der Waals surface area contributed by atoms with Crippen LogP contribution in [0.4, 0.5) is 0 Å². The van der Waals surface area contributed by atoms with Crippen LogP contribution in [-0.4, -0.2) is 22.5 Å². The number of halogens is 1. The Morgan fingerprint density at radius 1 is 1.25 bits per heavy atom. The Morgan fingerprint density at radius 3 is 2.86 bits per heavy atom. The molecule has 2 aromatic carbocycles. The third kappa shape index (κ3) is 3.27. The molecule has 0 fully saturated rings. The van der Waals surface area contributed by atoms with Crippen molar-refractivity contribution in [2.45, 2.75) is 26.5 Å². The zero-order valence-electron chi connectivity index (χ0n) is 15.9. The highest BCUT2D eigenvalue weighted by Gasteiger charge is 2.33. The first-order chi connectivity index (χ1) is 13.6. The minimum atomic E-state index is -0.214. The molecule has 2 heterocycles. The van der Waals surface area contributed by atoms with Crippen LogP contribution in [0.5, 0.6) is 0 Å². The van der Waals surface area contributed by atoms with Crippen LogP contribution in [0.1, 0.15) is 30.0 Å². The van der Waals surface area contributed by atoms with Gasteiger partial charge in [-0.3, -0.25) is 4.79 Å². The van der Waals surface area contributed by atoms with Gasteiger partial charge in [-0.1, -0.05) is 42.8 Å². The van der Waals surface area contributed by atoms with Crippen LogP contribution in [0.3, 0.4) is 0 Å². The van der Waals surface area contributed by atoms with Gasteiger partial charge in [-0.25, -0.2) is 4.98 Å². The number of imidazole rings is 1. The molecule has 2 atom stereocenters. The van der Waals surface area contributed by atoms with Gasteiger partial charge in [0.05, 0.1) is 16.1 Å². The summed E-state index contributed by atoms with van der Waals surface area (Å²) in [5, 5.41) is 3.41. The van der Waals surface area contributed by atoms with Crippen LogP contribution in [-0.2, 0) is 16.1 Å². The van der Waals surface area contributed by atoms with Gasteiger partial charge < -0.3 is 14.6 Å². The summed E-state index contributed by atoms with van der Waals surface area (Å²) in [6.07, 6.45) is 2.61. The van der Waals surface area contributed by atoms with Crippen molar-refractivity contribution in [1.29, 1.82) is 0 Å². The van der Waals surface area contributed by atoms with Crippen molar-refractivity contribution in [3.05, 3.63) is 70.5 Å². The molecular weight excluding hydrogens is 374 g/mol. The zero-order chi connectivity index (χ0) is 19.7. The molecular formula is C22H22ClN3O2. The van der Waals surface area contributed by atoms with Crippen LogP contribution in [0.15, 0.2) is 48.5 Å². The number of nitrogens with zero attached hydrogens (tertiary/aromatic N) is 2. The Labute approximate surface area is 169 Å². The molecule has 0 radical (unpaired) electrons. The second kappa shape index (κ2) is 7.68. The zero-order valence-corrected chi connectivity index (χ0v) is 16.6. The number of aromatic nitrogens is 2. The molecule has 144 valence electrons. The summed E-state index contributed by atoms with van der Waals surface area (Å²) >= 11 is 6.36. The van der Waals surface area contributed by atoms with Gasteiger partial charge in [0.25, 0.3) is 0 Å². The number of amides is 1. The van der Waals surface area contributed by atoms with Crippen molar-refractivity contribution in [2.24, 2.45) is 5.92 Å². The molecule has 6 heteroatoms. The Morgan fingerprint density at radius 2 is 2.07 bits per heavy atom.